The summed E-state index contributed by atoms with van der Waals surface area (Å²) in [5.74, 6) is -0.446. The van der Waals surface area contributed by atoms with Crippen LogP contribution in [-0.2, 0) is 36.2 Å². The van der Waals surface area contributed by atoms with Gasteiger partial charge in [0.05, 0.1) is 17.2 Å². The molecule has 2 aliphatic rings. The third-order valence-corrected chi connectivity index (χ3v) is 10.3. The van der Waals surface area contributed by atoms with Gasteiger partial charge in [0.1, 0.15) is 6.10 Å². The number of halogens is 6. The van der Waals surface area contributed by atoms with E-state index in [4.69, 9.17) is 19.3 Å². The van der Waals surface area contributed by atoms with Crippen molar-refractivity contribution in [2.75, 3.05) is 50.2 Å². The molecule has 0 saturated carbocycles. The molecule has 4 heterocycles. The first kappa shape index (κ1) is 48.3. The van der Waals surface area contributed by atoms with E-state index in [1.54, 1.807) is 31.2 Å². The lowest BCUT2D eigenvalue weighted by molar-refractivity contribution is -0.163. The van der Waals surface area contributed by atoms with Crippen molar-refractivity contribution in [3.05, 3.63) is 108 Å². The molecule has 0 aliphatic carbocycles. The summed E-state index contributed by atoms with van der Waals surface area (Å²) in [4.78, 5) is 42.1. The van der Waals surface area contributed by atoms with Gasteiger partial charge in [0.25, 0.3) is 0 Å². The van der Waals surface area contributed by atoms with Crippen LogP contribution in [0.15, 0.2) is 85.5 Å². The minimum Gasteiger partial charge on any atom is -0.479 e. The highest BCUT2D eigenvalue weighted by Crippen LogP contribution is 2.31. The number of carboxylic acid groups (broad SMARTS) is 1. The number of aliphatic hydroxyl groups is 1. The van der Waals surface area contributed by atoms with Crippen molar-refractivity contribution in [2.45, 2.75) is 76.3 Å². The van der Waals surface area contributed by atoms with E-state index < -0.39 is 47.6 Å². The minimum absolute atomic E-state index is 0.132. The van der Waals surface area contributed by atoms with Crippen molar-refractivity contribution in [3.8, 4) is 0 Å². The average molecular weight is 865 g/mol. The van der Waals surface area contributed by atoms with Crippen molar-refractivity contribution in [2.24, 2.45) is 11.8 Å². The van der Waals surface area contributed by atoms with E-state index >= 15 is 0 Å². The Balaban J connectivity index is 0.000000224. The zero-order valence-electron chi connectivity index (χ0n) is 34.1. The van der Waals surface area contributed by atoms with Crippen LogP contribution in [0.3, 0.4) is 0 Å². The van der Waals surface area contributed by atoms with Gasteiger partial charge >= 0.3 is 24.3 Å². The number of carboxylic acids is 1. The first-order valence-corrected chi connectivity index (χ1v) is 19.5. The van der Waals surface area contributed by atoms with Crippen LogP contribution in [-0.4, -0.2) is 94.7 Å². The Hall–Kier alpha value is -5.40. The first-order chi connectivity index (χ1) is 28.9. The van der Waals surface area contributed by atoms with Gasteiger partial charge in [-0.05, 0) is 62.5 Å². The van der Waals surface area contributed by atoms with Crippen molar-refractivity contribution < 1.29 is 60.4 Å². The number of esters is 1. The van der Waals surface area contributed by atoms with E-state index in [0.29, 0.717) is 50.5 Å². The summed E-state index contributed by atoms with van der Waals surface area (Å²) in [5.41, 5.74) is -0.318. The number of aliphatic hydroxyl groups excluding tert-OH is 1. The van der Waals surface area contributed by atoms with Gasteiger partial charge in [-0.3, -0.25) is 0 Å². The number of methoxy groups -OCH3 is 2. The van der Waals surface area contributed by atoms with Gasteiger partial charge < -0.3 is 34.2 Å². The molecule has 2 fully saturated rings. The van der Waals surface area contributed by atoms with Crippen LogP contribution >= 0.6 is 0 Å². The SMILES string of the molecule is CC(O)C1CCN(c2ncc(C(F)(F)F)cn2)CC1.CO[C@H](C(=O)O)c1ccccc1.CO[C@H](C(=O)O[C@H](C)C1CCN(c2ncc(C(F)(F)F)cn2)CC1)c1ccccc1. The number of hydrogen-bond acceptors (Lipinski definition) is 12. The molecule has 1 unspecified atom stereocenters. The maximum absolute atomic E-state index is 12.7. The maximum Gasteiger partial charge on any atom is 0.419 e. The van der Waals surface area contributed by atoms with E-state index in [1.165, 1.54) is 14.2 Å². The molecule has 0 radical (unpaired) electrons. The summed E-state index contributed by atoms with van der Waals surface area (Å²) >= 11 is 0. The summed E-state index contributed by atoms with van der Waals surface area (Å²) in [6.45, 7) is 6.07. The van der Waals surface area contributed by atoms with Gasteiger partial charge in [0, 0.05) is 65.2 Å². The van der Waals surface area contributed by atoms with Crippen LogP contribution in [0.25, 0.3) is 0 Å². The summed E-state index contributed by atoms with van der Waals surface area (Å²) in [6, 6.07) is 18.0. The van der Waals surface area contributed by atoms with E-state index in [1.807, 2.05) is 53.1 Å². The van der Waals surface area contributed by atoms with Crippen LogP contribution in [0.1, 0.15) is 74.0 Å². The number of aromatic nitrogens is 4. The number of piperidine rings is 2. The quantitative estimate of drug-likeness (QED) is 0.112. The molecule has 4 aromatic rings. The second-order valence-electron chi connectivity index (χ2n) is 14.5. The molecule has 2 aromatic heterocycles. The molecule has 13 nitrogen and oxygen atoms in total. The number of rotatable bonds is 11. The van der Waals surface area contributed by atoms with Crippen molar-refractivity contribution >= 4 is 23.8 Å². The number of hydrogen-bond donors (Lipinski definition) is 2. The van der Waals surface area contributed by atoms with Gasteiger partial charge in [-0.2, -0.15) is 26.3 Å². The third kappa shape index (κ3) is 14.4. The van der Waals surface area contributed by atoms with E-state index in [9.17, 15) is 41.0 Å². The molecule has 332 valence electrons. The number of nitrogens with zero attached hydrogens (tertiary/aromatic N) is 6. The van der Waals surface area contributed by atoms with Crippen molar-refractivity contribution in [1.82, 2.24) is 19.9 Å². The zero-order valence-corrected chi connectivity index (χ0v) is 34.1. The molecule has 61 heavy (non-hydrogen) atoms. The van der Waals surface area contributed by atoms with Gasteiger partial charge in [0.15, 0.2) is 12.2 Å². The summed E-state index contributed by atoms with van der Waals surface area (Å²) in [7, 11) is 2.85. The summed E-state index contributed by atoms with van der Waals surface area (Å²) in [6.07, 6.45) is -4.94. The number of aliphatic carboxylic acids is 1. The van der Waals surface area contributed by atoms with Gasteiger partial charge in [0.2, 0.25) is 11.9 Å². The second-order valence-corrected chi connectivity index (χ2v) is 14.5. The Morgan fingerprint density at radius 3 is 1.33 bits per heavy atom. The van der Waals surface area contributed by atoms with Gasteiger partial charge in [-0.1, -0.05) is 60.7 Å². The lowest BCUT2D eigenvalue weighted by atomic mass is 9.92. The fraction of sp³-hybridized carbons (Fsp3) is 0.476. The molecule has 19 heteroatoms. The lowest BCUT2D eigenvalue weighted by Crippen LogP contribution is -2.39. The van der Waals surface area contributed by atoms with E-state index in [-0.39, 0.29) is 30.0 Å². The number of carbonyl (C=O) groups excluding carboxylic acids is 1. The number of benzene rings is 2. The van der Waals surface area contributed by atoms with E-state index in [0.717, 1.165) is 43.2 Å². The highest BCUT2D eigenvalue weighted by atomic mass is 19.4. The van der Waals surface area contributed by atoms with Crippen molar-refractivity contribution in [1.29, 1.82) is 0 Å². The summed E-state index contributed by atoms with van der Waals surface area (Å²) in [5, 5.41) is 18.2. The zero-order chi connectivity index (χ0) is 44.7. The Morgan fingerprint density at radius 1 is 0.639 bits per heavy atom. The van der Waals surface area contributed by atoms with Crippen LogP contribution in [0.5, 0.6) is 0 Å². The molecule has 0 bridgehead atoms. The molecule has 2 saturated heterocycles. The molecular weight excluding hydrogens is 814 g/mol. The van der Waals surface area contributed by atoms with Crippen LogP contribution in [0.2, 0.25) is 0 Å². The van der Waals surface area contributed by atoms with Gasteiger partial charge in [-0.15, -0.1) is 0 Å². The fourth-order valence-electron chi connectivity index (χ4n) is 6.76. The minimum atomic E-state index is -4.45. The number of ether oxygens (including phenoxy) is 3. The number of alkyl halides is 6. The van der Waals surface area contributed by atoms with Crippen LogP contribution in [0.4, 0.5) is 38.2 Å². The number of anilines is 2. The molecule has 2 aromatic carbocycles. The highest BCUT2D eigenvalue weighted by molar-refractivity contribution is 5.76. The first-order valence-electron chi connectivity index (χ1n) is 19.5. The molecule has 4 atom stereocenters. The third-order valence-electron chi connectivity index (χ3n) is 10.3. The normalized spacial score (nSPS) is 17.1. The Bertz CT molecular complexity index is 1910. The predicted molar refractivity (Wildman–Crippen MR) is 211 cm³/mol. The Labute approximate surface area is 349 Å². The second kappa shape index (κ2) is 22.4. The average Bonchev–Trinajstić information content (AvgIpc) is 3.25. The predicted octanol–water partition coefficient (Wildman–Crippen LogP) is 7.58. The fourth-order valence-corrected chi connectivity index (χ4v) is 6.76. The molecule has 0 spiro atoms. The number of carbonyl (C=O) groups is 2. The van der Waals surface area contributed by atoms with Crippen LogP contribution < -0.4 is 9.80 Å². The summed E-state index contributed by atoms with van der Waals surface area (Å²) < 4.78 is 90.9. The monoisotopic (exact) mass is 864 g/mol. The lowest BCUT2D eigenvalue weighted by Gasteiger charge is -2.34. The van der Waals surface area contributed by atoms with Crippen molar-refractivity contribution in [3.63, 3.8) is 0 Å². The van der Waals surface area contributed by atoms with E-state index in [2.05, 4.69) is 19.9 Å². The Kier molecular flexibility index (Phi) is 17.8. The highest BCUT2D eigenvalue weighted by Gasteiger charge is 2.34. The maximum atomic E-state index is 12.7. The molecular formula is C42H50F6N6O7. The van der Waals surface area contributed by atoms with Crippen LogP contribution in [0, 0.1) is 11.8 Å². The molecule has 2 aliphatic heterocycles. The standard InChI is InChI=1S/C21H24F3N3O3.C12H16F3N3O.C9H10O3/c1-14(30-19(28)18(29-2)16-6-4-3-5-7-16)15-8-10-27(11-9-15)20-25-12-17(13-26-20)21(22,23)24;1-8(19)9-2-4-18(5-3-9)11-16-6-10(7-17-11)12(13,14)15;1-12-8(9(10)11)7-5-3-2-4-6-7/h3-7,12-15,18H,8-11H2,1-2H3;6-9,19H,2-5H2,1H3;2-6,8H,1H3,(H,10,11)/t14-,18+;;8-/m1.0/s1. The molecule has 0 amide bonds. The smallest absolute Gasteiger partial charge is 0.419 e. The molecule has 2 N–H and O–H groups in total. The topological polar surface area (TPSA) is 160 Å². The largest absolute Gasteiger partial charge is 0.479 e. The Morgan fingerprint density at radius 2 is 1.00 bits per heavy atom. The molecule has 6 rings (SSSR count). The van der Waals surface area contributed by atoms with Gasteiger partial charge in [-0.25, -0.2) is 29.5 Å².